The van der Waals surface area contributed by atoms with Gasteiger partial charge in [-0.2, -0.15) is 21.9 Å². The predicted octanol–water partition coefficient (Wildman–Crippen LogP) is 2.94. The number of phenolic OH excluding ortho intramolecular Hbond substituents is 1. The SMILES string of the molecule is CNN(C(C)=O)c1cc(S(=O)(=O)O)cc2cc(S(=O)(=O)O)c(N=Nc3ccccc3)c(O)c12. The summed E-state index contributed by atoms with van der Waals surface area (Å²) in [7, 11) is -8.44. The number of hydrazine groups is 1. The van der Waals surface area contributed by atoms with Gasteiger partial charge in [-0.25, -0.2) is 10.4 Å². The highest BCUT2D eigenvalue weighted by molar-refractivity contribution is 7.86. The quantitative estimate of drug-likeness (QED) is 0.227. The number of carbonyl (C=O) groups excluding carboxylic acids is 1. The maximum absolute atomic E-state index is 12.1. The van der Waals surface area contributed by atoms with Gasteiger partial charge in [-0.3, -0.25) is 13.9 Å². The van der Waals surface area contributed by atoms with Crippen LogP contribution in [0.3, 0.4) is 0 Å². The van der Waals surface area contributed by atoms with E-state index in [1.54, 1.807) is 30.3 Å². The summed E-state index contributed by atoms with van der Waals surface area (Å²) in [5.41, 5.74) is 1.94. The molecule has 0 aliphatic rings. The molecule has 3 aromatic carbocycles. The van der Waals surface area contributed by atoms with Gasteiger partial charge in [0.15, 0.2) is 5.75 Å². The van der Waals surface area contributed by atoms with E-state index in [-0.39, 0.29) is 16.5 Å². The van der Waals surface area contributed by atoms with Crippen molar-refractivity contribution in [3.63, 3.8) is 0 Å². The number of amides is 1. The molecule has 3 rings (SSSR count). The zero-order chi connectivity index (χ0) is 24.6. The van der Waals surface area contributed by atoms with E-state index in [2.05, 4.69) is 15.7 Å². The summed E-state index contributed by atoms with van der Waals surface area (Å²) in [5.74, 6) is -1.44. The Labute approximate surface area is 188 Å². The third kappa shape index (κ3) is 4.99. The lowest BCUT2D eigenvalue weighted by Gasteiger charge is -2.23. The maximum atomic E-state index is 12.1. The Kier molecular flexibility index (Phi) is 6.49. The van der Waals surface area contributed by atoms with Crippen LogP contribution in [0.25, 0.3) is 10.8 Å². The zero-order valence-corrected chi connectivity index (χ0v) is 18.8. The van der Waals surface area contributed by atoms with Crippen molar-refractivity contribution in [2.45, 2.75) is 16.7 Å². The van der Waals surface area contributed by atoms with Gasteiger partial charge < -0.3 is 5.11 Å². The molecule has 0 fully saturated rings. The average molecular weight is 495 g/mol. The Hall–Kier alpha value is -3.43. The molecule has 1 amide bonds. The Morgan fingerprint density at radius 1 is 0.970 bits per heavy atom. The standard InChI is InChI=1S/C19H18N4O8S2/c1-11(24)23(20-2)15-10-14(32(26,27)28)8-12-9-16(33(29,30)31)18(19(25)17(12)15)22-21-13-6-4-3-5-7-13/h3-10,20,25H,1-2H3,(H,26,27,28)(H,29,30,31). The highest BCUT2D eigenvalue weighted by atomic mass is 32.2. The van der Waals surface area contributed by atoms with Gasteiger partial charge in [0.05, 0.1) is 21.7 Å². The molecule has 4 N–H and O–H groups in total. The molecule has 0 bridgehead atoms. The molecule has 12 nitrogen and oxygen atoms in total. The van der Waals surface area contributed by atoms with Gasteiger partial charge in [0.25, 0.3) is 20.2 Å². The fraction of sp³-hybridized carbons (Fsp3) is 0.105. The molecule has 0 saturated carbocycles. The van der Waals surface area contributed by atoms with Gasteiger partial charge in [-0.1, -0.05) is 18.2 Å². The summed E-state index contributed by atoms with van der Waals surface area (Å²) in [6.07, 6.45) is 0. The second kappa shape index (κ2) is 8.84. The number of nitrogens with zero attached hydrogens (tertiary/aromatic N) is 3. The van der Waals surface area contributed by atoms with Crippen molar-refractivity contribution in [2.75, 3.05) is 12.1 Å². The number of rotatable bonds is 6. The van der Waals surface area contributed by atoms with Crippen molar-refractivity contribution in [1.29, 1.82) is 0 Å². The molecule has 33 heavy (non-hydrogen) atoms. The first-order valence-corrected chi connectivity index (χ1v) is 12.0. The summed E-state index contributed by atoms with van der Waals surface area (Å²) < 4.78 is 66.8. The fourth-order valence-corrected chi connectivity index (χ4v) is 4.30. The molecule has 0 aromatic heterocycles. The second-order valence-electron chi connectivity index (χ2n) is 6.68. The van der Waals surface area contributed by atoms with Crippen LogP contribution in [0.15, 0.2) is 68.6 Å². The number of carbonyl (C=O) groups is 1. The number of nitrogens with one attached hydrogen (secondary N) is 1. The summed E-state index contributed by atoms with van der Waals surface area (Å²) >= 11 is 0. The van der Waals surface area contributed by atoms with Crippen LogP contribution in [0.5, 0.6) is 5.75 Å². The van der Waals surface area contributed by atoms with Gasteiger partial charge in [0.1, 0.15) is 10.6 Å². The first kappa shape index (κ1) is 24.2. The van der Waals surface area contributed by atoms with E-state index < -0.39 is 47.4 Å². The van der Waals surface area contributed by atoms with Crippen LogP contribution in [-0.2, 0) is 25.0 Å². The van der Waals surface area contributed by atoms with E-state index in [0.29, 0.717) is 5.69 Å². The molecule has 3 aromatic rings. The average Bonchev–Trinajstić information content (AvgIpc) is 2.72. The molecular formula is C19H18N4O8S2. The topological polar surface area (TPSA) is 186 Å². The smallest absolute Gasteiger partial charge is 0.296 e. The van der Waals surface area contributed by atoms with Gasteiger partial charge in [-0.15, -0.1) is 5.11 Å². The lowest BCUT2D eigenvalue weighted by molar-refractivity contribution is -0.117. The Morgan fingerprint density at radius 3 is 2.12 bits per heavy atom. The predicted molar refractivity (Wildman–Crippen MR) is 118 cm³/mol. The number of aromatic hydroxyl groups is 1. The van der Waals surface area contributed by atoms with Crippen LogP contribution in [0.2, 0.25) is 0 Å². The minimum Gasteiger partial charge on any atom is -0.505 e. The number of phenols is 1. The molecule has 0 heterocycles. The number of hydrogen-bond donors (Lipinski definition) is 4. The highest BCUT2D eigenvalue weighted by Gasteiger charge is 2.27. The van der Waals surface area contributed by atoms with E-state index in [9.17, 15) is 35.8 Å². The molecule has 0 aliphatic carbocycles. The molecule has 0 aliphatic heterocycles. The first-order valence-electron chi connectivity index (χ1n) is 9.08. The van der Waals surface area contributed by atoms with Gasteiger partial charge in [0.2, 0.25) is 5.91 Å². The normalized spacial score (nSPS) is 12.4. The van der Waals surface area contributed by atoms with E-state index in [0.717, 1.165) is 30.1 Å². The molecule has 174 valence electrons. The molecule has 0 saturated heterocycles. The zero-order valence-electron chi connectivity index (χ0n) is 17.2. The van der Waals surface area contributed by atoms with Gasteiger partial charge in [-0.05, 0) is 35.7 Å². The van der Waals surface area contributed by atoms with Crippen LogP contribution in [0.4, 0.5) is 17.1 Å². The van der Waals surface area contributed by atoms with Crippen molar-refractivity contribution < 1.29 is 35.8 Å². The minimum atomic E-state index is -4.98. The van der Waals surface area contributed by atoms with E-state index in [4.69, 9.17) is 0 Å². The molecule has 0 atom stereocenters. The Morgan fingerprint density at radius 2 is 1.61 bits per heavy atom. The molecule has 0 radical (unpaired) electrons. The van der Waals surface area contributed by atoms with E-state index >= 15 is 0 Å². The first-order chi connectivity index (χ1) is 15.3. The molecular weight excluding hydrogens is 476 g/mol. The van der Waals surface area contributed by atoms with Crippen molar-refractivity contribution in [3.8, 4) is 5.75 Å². The summed E-state index contributed by atoms with van der Waals surface area (Å²) in [6.45, 7) is 1.14. The van der Waals surface area contributed by atoms with Crippen LogP contribution in [-0.4, -0.2) is 44.0 Å². The summed E-state index contributed by atoms with van der Waals surface area (Å²) in [4.78, 5) is 10.5. The largest absolute Gasteiger partial charge is 0.505 e. The van der Waals surface area contributed by atoms with Gasteiger partial charge >= 0.3 is 0 Å². The van der Waals surface area contributed by atoms with Crippen molar-refractivity contribution in [2.24, 2.45) is 10.2 Å². The van der Waals surface area contributed by atoms with E-state index in [1.165, 1.54) is 7.05 Å². The fourth-order valence-electron chi connectivity index (χ4n) is 3.11. The Balaban J connectivity index is 2.48. The number of hydrogen-bond acceptors (Lipinski definition) is 9. The minimum absolute atomic E-state index is 0.193. The summed E-state index contributed by atoms with van der Waals surface area (Å²) in [5, 5.41) is 19.0. The monoisotopic (exact) mass is 494 g/mol. The Bertz CT molecular complexity index is 1490. The molecule has 0 unspecified atom stereocenters. The molecule has 0 spiro atoms. The van der Waals surface area contributed by atoms with Crippen molar-refractivity contribution in [3.05, 3.63) is 48.5 Å². The second-order valence-corrected chi connectivity index (χ2v) is 9.49. The number of azo groups is 1. The maximum Gasteiger partial charge on any atom is 0.296 e. The molecule has 14 heteroatoms. The van der Waals surface area contributed by atoms with Crippen LogP contribution in [0.1, 0.15) is 6.92 Å². The van der Waals surface area contributed by atoms with E-state index in [1.807, 2.05) is 0 Å². The lowest BCUT2D eigenvalue weighted by Crippen LogP contribution is -2.39. The van der Waals surface area contributed by atoms with Crippen LogP contribution < -0.4 is 10.4 Å². The van der Waals surface area contributed by atoms with Gasteiger partial charge in [0, 0.05) is 14.0 Å². The summed E-state index contributed by atoms with van der Waals surface area (Å²) in [6, 6.07) is 10.7. The van der Waals surface area contributed by atoms with Crippen molar-refractivity contribution >= 4 is 54.0 Å². The van der Waals surface area contributed by atoms with Crippen molar-refractivity contribution in [1.82, 2.24) is 5.43 Å². The third-order valence-corrected chi connectivity index (χ3v) is 6.18. The number of anilines is 1. The third-order valence-electron chi connectivity index (χ3n) is 4.48. The highest BCUT2D eigenvalue weighted by Crippen LogP contribution is 2.45. The van der Waals surface area contributed by atoms with Crippen LogP contribution >= 0.6 is 0 Å². The lowest BCUT2D eigenvalue weighted by atomic mass is 10.1. The number of benzene rings is 3. The van der Waals surface area contributed by atoms with Crippen LogP contribution in [0, 0.1) is 0 Å². The number of fused-ring (bicyclic) bond motifs is 1.